The second-order valence-electron chi connectivity index (χ2n) is 7.35. The second-order valence-corrected chi connectivity index (χ2v) is 8.17. The largest absolute Gasteiger partial charge is 0.380 e. The predicted molar refractivity (Wildman–Crippen MR) is 129 cm³/mol. The van der Waals surface area contributed by atoms with E-state index < -0.39 is 5.91 Å². The van der Waals surface area contributed by atoms with Gasteiger partial charge in [-0.2, -0.15) is 0 Å². The van der Waals surface area contributed by atoms with Crippen LogP contribution in [0.3, 0.4) is 0 Å². The van der Waals surface area contributed by atoms with E-state index >= 15 is 0 Å². The number of amides is 1. The van der Waals surface area contributed by atoms with Crippen molar-refractivity contribution in [3.8, 4) is 0 Å². The number of pyridine rings is 1. The van der Waals surface area contributed by atoms with Crippen molar-refractivity contribution in [1.82, 2.24) is 4.98 Å². The van der Waals surface area contributed by atoms with Crippen LogP contribution >= 0.6 is 23.2 Å². The van der Waals surface area contributed by atoms with Crippen molar-refractivity contribution < 1.29 is 9.53 Å². The van der Waals surface area contributed by atoms with Gasteiger partial charge in [-0.25, -0.2) is 4.98 Å². The monoisotopic (exact) mass is 471 g/mol. The van der Waals surface area contributed by atoms with Crippen LogP contribution in [-0.2, 0) is 11.3 Å². The molecule has 4 N–H and O–H groups in total. The lowest BCUT2D eigenvalue weighted by Crippen LogP contribution is -2.36. The average molecular weight is 472 g/mol. The molecule has 2 heterocycles. The number of nitrogens with two attached hydrogens (primary N) is 1. The first kappa shape index (κ1) is 22.2. The Hall–Kier alpha value is -3.00. The van der Waals surface area contributed by atoms with E-state index in [1.54, 1.807) is 18.2 Å². The van der Waals surface area contributed by atoms with Crippen molar-refractivity contribution in [2.24, 2.45) is 5.73 Å². The summed E-state index contributed by atoms with van der Waals surface area (Å²) in [5, 5.41) is 7.47. The van der Waals surface area contributed by atoms with Gasteiger partial charge in [0.05, 0.1) is 34.5 Å². The van der Waals surface area contributed by atoms with Crippen LogP contribution < -0.4 is 21.3 Å². The van der Waals surface area contributed by atoms with Crippen molar-refractivity contribution in [2.45, 2.75) is 6.54 Å². The standard InChI is InChI=1S/C23H23Cl2N5O2/c24-19-6-1-15(11-20(19)25)13-27-21-12-22(28-14-18(21)23(26)31)29-16-2-4-17(5-3-16)30-7-9-32-10-8-30/h1-6,11-12,14H,7-10,13H2,(H2,26,31)(H2,27,28,29). The SMILES string of the molecule is NC(=O)c1cnc(Nc2ccc(N3CCOCC3)cc2)cc1NCc1ccc(Cl)c(Cl)c1. The molecule has 166 valence electrons. The van der Waals surface area contributed by atoms with Gasteiger partial charge in [-0.3, -0.25) is 4.79 Å². The number of nitrogens with one attached hydrogen (secondary N) is 2. The zero-order valence-corrected chi connectivity index (χ0v) is 18.8. The highest BCUT2D eigenvalue weighted by atomic mass is 35.5. The van der Waals surface area contributed by atoms with Gasteiger partial charge >= 0.3 is 0 Å². The summed E-state index contributed by atoms with van der Waals surface area (Å²) in [7, 11) is 0. The van der Waals surface area contributed by atoms with Crippen LogP contribution in [0.5, 0.6) is 0 Å². The van der Waals surface area contributed by atoms with E-state index in [1.807, 2.05) is 18.2 Å². The van der Waals surface area contributed by atoms with E-state index in [0.29, 0.717) is 33.7 Å². The van der Waals surface area contributed by atoms with E-state index in [-0.39, 0.29) is 0 Å². The molecule has 1 amide bonds. The summed E-state index contributed by atoms with van der Waals surface area (Å²) in [5.41, 5.74) is 9.36. The minimum absolute atomic E-state index is 0.304. The maximum absolute atomic E-state index is 11.9. The Labute approximate surface area is 196 Å². The van der Waals surface area contributed by atoms with Crippen molar-refractivity contribution >= 4 is 52.0 Å². The van der Waals surface area contributed by atoms with E-state index in [4.69, 9.17) is 33.7 Å². The molecule has 0 atom stereocenters. The lowest BCUT2D eigenvalue weighted by molar-refractivity contribution is 0.100. The molecule has 0 saturated carbocycles. The maximum Gasteiger partial charge on any atom is 0.252 e. The molecule has 1 aliphatic heterocycles. The number of morpholine rings is 1. The Balaban J connectivity index is 1.48. The summed E-state index contributed by atoms with van der Waals surface area (Å²) in [4.78, 5) is 18.5. The van der Waals surface area contributed by atoms with Crippen molar-refractivity contribution in [3.05, 3.63) is 75.9 Å². The Morgan fingerprint density at radius 3 is 2.50 bits per heavy atom. The van der Waals surface area contributed by atoms with Gasteiger partial charge in [0.15, 0.2) is 0 Å². The lowest BCUT2D eigenvalue weighted by atomic mass is 10.2. The molecule has 1 fully saturated rings. The molecule has 1 aromatic heterocycles. The number of carbonyl (C=O) groups is 1. The molecule has 3 aromatic rings. The topological polar surface area (TPSA) is 92.5 Å². The highest BCUT2D eigenvalue weighted by molar-refractivity contribution is 6.42. The minimum atomic E-state index is -0.560. The van der Waals surface area contributed by atoms with Crippen LogP contribution in [0.1, 0.15) is 15.9 Å². The molecule has 0 unspecified atom stereocenters. The Morgan fingerprint density at radius 2 is 1.81 bits per heavy atom. The lowest BCUT2D eigenvalue weighted by Gasteiger charge is -2.28. The number of anilines is 4. The van der Waals surface area contributed by atoms with Crippen LogP contribution in [0.25, 0.3) is 0 Å². The zero-order chi connectivity index (χ0) is 22.5. The van der Waals surface area contributed by atoms with Crippen LogP contribution in [-0.4, -0.2) is 37.2 Å². The van der Waals surface area contributed by atoms with Crippen molar-refractivity contribution in [3.63, 3.8) is 0 Å². The quantitative estimate of drug-likeness (QED) is 0.463. The first-order valence-electron chi connectivity index (χ1n) is 10.2. The molecule has 4 rings (SSSR count). The van der Waals surface area contributed by atoms with E-state index in [2.05, 4.69) is 32.7 Å². The third-order valence-corrected chi connectivity index (χ3v) is 5.89. The molecular weight excluding hydrogens is 449 g/mol. The Bertz CT molecular complexity index is 1100. The number of halogens is 2. The van der Waals surface area contributed by atoms with E-state index in [0.717, 1.165) is 43.2 Å². The molecule has 0 aliphatic carbocycles. The third-order valence-electron chi connectivity index (χ3n) is 5.15. The van der Waals surface area contributed by atoms with Crippen LogP contribution in [0.2, 0.25) is 10.0 Å². The minimum Gasteiger partial charge on any atom is -0.380 e. The van der Waals surface area contributed by atoms with Gasteiger partial charge in [0.25, 0.3) is 5.91 Å². The first-order chi connectivity index (χ1) is 15.5. The molecule has 32 heavy (non-hydrogen) atoms. The Kier molecular flexibility index (Phi) is 6.99. The number of carbonyl (C=O) groups excluding carboxylic acids is 1. The molecule has 0 spiro atoms. The van der Waals surface area contributed by atoms with Crippen molar-refractivity contribution in [1.29, 1.82) is 0 Å². The van der Waals surface area contributed by atoms with E-state index in [9.17, 15) is 4.79 Å². The maximum atomic E-state index is 11.9. The van der Waals surface area contributed by atoms with Gasteiger partial charge in [0.2, 0.25) is 0 Å². The summed E-state index contributed by atoms with van der Waals surface area (Å²) in [5.74, 6) is 0.0290. The zero-order valence-electron chi connectivity index (χ0n) is 17.3. The van der Waals surface area contributed by atoms with Gasteiger partial charge in [0.1, 0.15) is 5.82 Å². The number of hydrogen-bond donors (Lipinski definition) is 3. The van der Waals surface area contributed by atoms with Gasteiger partial charge in [-0.15, -0.1) is 0 Å². The van der Waals surface area contributed by atoms with Crippen LogP contribution in [0.4, 0.5) is 22.9 Å². The summed E-state index contributed by atoms with van der Waals surface area (Å²) in [6.45, 7) is 3.70. The number of ether oxygens (including phenoxy) is 1. The predicted octanol–water partition coefficient (Wildman–Crippen LogP) is 4.68. The summed E-state index contributed by atoms with van der Waals surface area (Å²) in [6, 6.07) is 15.3. The molecule has 0 radical (unpaired) electrons. The average Bonchev–Trinajstić information content (AvgIpc) is 2.81. The van der Waals surface area contributed by atoms with Gasteiger partial charge < -0.3 is 26.0 Å². The Morgan fingerprint density at radius 1 is 1.06 bits per heavy atom. The molecule has 1 saturated heterocycles. The van der Waals surface area contributed by atoms with Crippen molar-refractivity contribution in [2.75, 3.05) is 41.8 Å². The first-order valence-corrected chi connectivity index (χ1v) is 10.9. The van der Waals surface area contributed by atoms with Gasteiger partial charge in [-0.1, -0.05) is 29.3 Å². The van der Waals surface area contributed by atoms with Crippen LogP contribution in [0, 0.1) is 0 Å². The fourth-order valence-electron chi connectivity index (χ4n) is 3.44. The number of aromatic nitrogens is 1. The molecule has 9 heteroatoms. The van der Waals surface area contributed by atoms with Crippen LogP contribution in [0.15, 0.2) is 54.7 Å². The van der Waals surface area contributed by atoms with Gasteiger partial charge in [0, 0.05) is 43.3 Å². The fraction of sp³-hybridized carbons (Fsp3) is 0.217. The van der Waals surface area contributed by atoms with Gasteiger partial charge in [-0.05, 0) is 42.0 Å². The molecular formula is C23H23Cl2N5O2. The molecule has 2 aromatic carbocycles. The molecule has 0 bridgehead atoms. The fourth-order valence-corrected chi connectivity index (χ4v) is 3.76. The number of nitrogens with zero attached hydrogens (tertiary/aromatic N) is 2. The summed E-state index contributed by atoms with van der Waals surface area (Å²) in [6.07, 6.45) is 1.46. The number of primary amides is 1. The highest BCUT2D eigenvalue weighted by Crippen LogP contribution is 2.26. The van der Waals surface area contributed by atoms with E-state index in [1.165, 1.54) is 6.20 Å². The third kappa shape index (κ3) is 5.43. The summed E-state index contributed by atoms with van der Waals surface area (Å²) < 4.78 is 5.41. The number of benzene rings is 2. The molecule has 7 nitrogen and oxygen atoms in total. The highest BCUT2D eigenvalue weighted by Gasteiger charge is 2.13. The summed E-state index contributed by atoms with van der Waals surface area (Å²) >= 11 is 12.1. The second kappa shape index (κ2) is 10.1. The number of hydrogen-bond acceptors (Lipinski definition) is 6. The normalized spacial score (nSPS) is 13.6. The number of rotatable bonds is 7. The smallest absolute Gasteiger partial charge is 0.252 e. The molecule has 1 aliphatic rings.